The number of fused-ring (bicyclic) bond motifs is 1. The number of hydrogen-bond donors (Lipinski definition) is 1. The van der Waals surface area contributed by atoms with Crippen LogP contribution in [0.25, 0.3) is 0 Å². The standard InChI is InChI=1S/C17H26N2S/c1-11-5-6-12(9-11)17-19-16-13(10-18-14-7-8-14)3-2-4-15(16)20-17/h11-14,18H,2-10H2,1H3. The number of nitrogens with zero attached hydrogens (tertiary/aromatic N) is 1. The minimum Gasteiger partial charge on any atom is -0.313 e. The summed E-state index contributed by atoms with van der Waals surface area (Å²) in [5, 5.41) is 5.19. The van der Waals surface area contributed by atoms with Crippen LogP contribution in [0.2, 0.25) is 0 Å². The monoisotopic (exact) mass is 290 g/mol. The molecule has 3 unspecified atom stereocenters. The second kappa shape index (κ2) is 5.42. The van der Waals surface area contributed by atoms with E-state index in [0.29, 0.717) is 5.92 Å². The summed E-state index contributed by atoms with van der Waals surface area (Å²) >= 11 is 2.05. The van der Waals surface area contributed by atoms with Crippen molar-refractivity contribution >= 4 is 11.3 Å². The lowest BCUT2D eigenvalue weighted by Gasteiger charge is -2.21. The summed E-state index contributed by atoms with van der Waals surface area (Å²) in [6, 6.07) is 0.828. The minimum atomic E-state index is 0.697. The molecule has 3 aliphatic rings. The highest BCUT2D eigenvalue weighted by Crippen LogP contribution is 2.43. The molecule has 0 aromatic carbocycles. The van der Waals surface area contributed by atoms with Gasteiger partial charge >= 0.3 is 0 Å². The van der Waals surface area contributed by atoms with E-state index in [0.717, 1.165) is 17.9 Å². The Kier molecular flexibility index (Phi) is 3.59. The van der Waals surface area contributed by atoms with E-state index in [1.165, 1.54) is 68.6 Å². The molecule has 20 heavy (non-hydrogen) atoms. The van der Waals surface area contributed by atoms with Gasteiger partial charge in [0.1, 0.15) is 0 Å². The molecule has 0 amide bonds. The van der Waals surface area contributed by atoms with E-state index < -0.39 is 0 Å². The SMILES string of the molecule is CC1CCC(c2nc3c(s2)CCCC3CNC2CC2)C1. The number of nitrogens with one attached hydrogen (secondary N) is 1. The van der Waals surface area contributed by atoms with Crippen molar-refractivity contribution in [1.29, 1.82) is 0 Å². The van der Waals surface area contributed by atoms with Gasteiger partial charge in [-0.1, -0.05) is 13.3 Å². The van der Waals surface area contributed by atoms with Gasteiger partial charge in [0, 0.05) is 29.3 Å². The molecule has 4 rings (SSSR count). The molecular weight excluding hydrogens is 264 g/mol. The molecule has 1 aromatic heterocycles. The van der Waals surface area contributed by atoms with E-state index in [9.17, 15) is 0 Å². The molecular formula is C17H26N2S. The van der Waals surface area contributed by atoms with E-state index in [1.807, 2.05) is 11.3 Å². The summed E-state index contributed by atoms with van der Waals surface area (Å²) in [6.07, 6.45) is 10.9. The fourth-order valence-corrected chi connectivity index (χ4v) is 5.27. The smallest absolute Gasteiger partial charge is 0.0962 e. The quantitative estimate of drug-likeness (QED) is 0.898. The average molecular weight is 290 g/mol. The first-order chi connectivity index (χ1) is 9.79. The molecule has 0 spiro atoms. The van der Waals surface area contributed by atoms with Gasteiger partial charge in [0.15, 0.2) is 0 Å². The normalized spacial score (nSPS) is 33.4. The molecule has 3 heteroatoms. The van der Waals surface area contributed by atoms with Crippen molar-refractivity contribution in [2.45, 2.75) is 76.2 Å². The summed E-state index contributed by atoms with van der Waals surface area (Å²) in [5.74, 6) is 2.38. The van der Waals surface area contributed by atoms with Crippen LogP contribution in [-0.4, -0.2) is 17.6 Å². The number of aryl methyl sites for hydroxylation is 1. The van der Waals surface area contributed by atoms with Crippen molar-refractivity contribution in [2.24, 2.45) is 5.92 Å². The van der Waals surface area contributed by atoms with Crippen LogP contribution in [0.3, 0.4) is 0 Å². The first-order valence-electron chi connectivity index (χ1n) is 8.52. The Bertz CT molecular complexity index is 477. The van der Waals surface area contributed by atoms with Crippen LogP contribution in [0, 0.1) is 5.92 Å². The van der Waals surface area contributed by atoms with Crippen molar-refractivity contribution in [2.75, 3.05) is 6.54 Å². The van der Waals surface area contributed by atoms with Gasteiger partial charge in [-0.25, -0.2) is 4.98 Å². The summed E-state index contributed by atoms with van der Waals surface area (Å²) in [7, 11) is 0. The lowest BCUT2D eigenvalue weighted by atomic mass is 9.91. The Labute approximate surface area is 126 Å². The van der Waals surface area contributed by atoms with Crippen LogP contribution in [0.4, 0.5) is 0 Å². The highest BCUT2D eigenvalue weighted by Gasteiger charge is 2.31. The maximum atomic E-state index is 5.13. The highest BCUT2D eigenvalue weighted by molar-refractivity contribution is 7.11. The van der Waals surface area contributed by atoms with Gasteiger partial charge < -0.3 is 5.32 Å². The van der Waals surface area contributed by atoms with E-state index in [4.69, 9.17) is 4.98 Å². The molecule has 0 aliphatic heterocycles. The summed E-state index contributed by atoms with van der Waals surface area (Å²) < 4.78 is 0. The Morgan fingerprint density at radius 3 is 2.85 bits per heavy atom. The molecule has 2 saturated carbocycles. The third-order valence-corrected chi connectivity index (χ3v) is 6.65. The molecule has 1 aromatic rings. The van der Waals surface area contributed by atoms with Crippen molar-refractivity contribution < 1.29 is 0 Å². The second-order valence-corrected chi connectivity index (χ2v) is 8.36. The average Bonchev–Trinajstić information content (AvgIpc) is 3.00. The number of thiazole rings is 1. The number of aromatic nitrogens is 1. The van der Waals surface area contributed by atoms with Crippen LogP contribution >= 0.6 is 11.3 Å². The predicted octanol–water partition coefficient (Wildman–Crippen LogP) is 4.22. The highest BCUT2D eigenvalue weighted by atomic mass is 32.1. The van der Waals surface area contributed by atoms with E-state index in [-0.39, 0.29) is 0 Å². The largest absolute Gasteiger partial charge is 0.313 e. The predicted molar refractivity (Wildman–Crippen MR) is 84.6 cm³/mol. The number of rotatable bonds is 4. The van der Waals surface area contributed by atoms with E-state index in [1.54, 1.807) is 4.88 Å². The third-order valence-electron chi connectivity index (χ3n) is 5.36. The zero-order chi connectivity index (χ0) is 13.5. The fraction of sp³-hybridized carbons (Fsp3) is 0.824. The van der Waals surface area contributed by atoms with Crippen LogP contribution < -0.4 is 5.32 Å². The van der Waals surface area contributed by atoms with Gasteiger partial charge in [-0.05, 0) is 50.9 Å². The number of hydrogen-bond acceptors (Lipinski definition) is 3. The molecule has 2 fully saturated rings. The minimum absolute atomic E-state index is 0.697. The summed E-state index contributed by atoms with van der Waals surface area (Å²) in [4.78, 5) is 6.74. The maximum Gasteiger partial charge on any atom is 0.0962 e. The molecule has 0 radical (unpaired) electrons. The molecule has 3 atom stereocenters. The maximum absolute atomic E-state index is 5.13. The third kappa shape index (κ3) is 2.67. The van der Waals surface area contributed by atoms with Gasteiger partial charge in [0.05, 0.1) is 10.7 Å². The van der Waals surface area contributed by atoms with Crippen molar-refractivity contribution in [3.63, 3.8) is 0 Å². The Morgan fingerprint density at radius 2 is 2.10 bits per heavy atom. The molecule has 0 bridgehead atoms. The van der Waals surface area contributed by atoms with E-state index in [2.05, 4.69) is 12.2 Å². The lowest BCUT2D eigenvalue weighted by Crippen LogP contribution is -2.25. The fourth-order valence-electron chi connectivity index (χ4n) is 3.93. The van der Waals surface area contributed by atoms with Gasteiger partial charge in [-0.3, -0.25) is 0 Å². The zero-order valence-corrected chi connectivity index (χ0v) is 13.3. The Morgan fingerprint density at radius 1 is 1.20 bits per heavy atom. The van der Waals surface area contributed by atoms with Crippen LogP contribution in [0.15, 0.2) is 0 Å². The van der Waals surface area contributed by atoms with Crippen LogP contribution in [-0.2, 0) is 6.42 Å². The molecule has 1 heterocycles. The van der Waals surface area contributed by atoms with Gasteiger partial charge in [0.25, 0.3) is 0 Å². The van der Waals surface area contributed by atoms with Crippen molar-refractivity contribution in [1.82, 2.24) is 10.3 Å². The molecule has 0 saturated heterocycles. The summed E-state index contributed by atoms with van der Waals surface area (Å²) in [6.45, 7) is 3.57. The Hall–Kier alpha value is -0.410. The first kappa shape index (κ1) is 13.3. The van der Waals surface area contributed by atoms with Gasteiger partial charge in [-0.2, -0.15) is 0 Å². The van der Waals surface area contributed by atoms with Crippen molar-refractivity contribution in [3.05, 3.63) is 15.6 Å². The van der Waals surface area contributed by atoms with Gasteiger partial charge in [0.2, 0.25) is 0 Å². The van der Waals surface area contributed by atoms with Crippen molar-refractivity contribution in [3.8, 4) is 0 Å². The molecule has 2 nitrogen and oxygen atoms in total. The molecule has 1 N–H and O–H groups in total. The second-order valence-electron chi connectivity index (χ2n) is 7.25. The van der Waals surface area contributed by atoms with Crippen LogP contribution in [0.1, 0.15) is 79.3 Å². The molecule has 110 valence electrons. The van der Waals surface area contributed by atoms with Gasteiger partial charge in [-0.15, -0.1) is 11.3 Å². The zero-order valence-electron chi connectivity index (χ0n) is 12.5. The van der Waals surface area contributed by atoms with Crippen LogP contribution in [0.5, 0.6) is 0 Å². The topological polar surface area (TPSA) is 24.9 Å². The van der Waals surface area contributed by atoms with E-state index >= 15 is 0 Å². The lowest BCUT2D eigenvalue weighted by molar-refractivity contribution is 0.498. The first-order valence-corrected chi connectivity index (χ1v) is 9.34. The molecule has 3 aliphatic carbocycles. The summed E-state index contributed by atoms with van der Waals surface area (Å²) in [5.41, 5.74) is 1.48. The Balaban J connectivity index is 1.50.